The Balaban J connectivity index is 2.30. The number of hydrogen-bond donors (Lipinski definition) is 4. The lowest BCUT2D eigenvalue weighted by Gasteiger charge is -2.52. The molecule has 0 aromatic rings. The molecule has 4 amide bonds. The molecule has 22 heavy (non-hydrogen) atoms. The standard InChI is InChI=1S/C14H30N6O2/c1-14(2)10(8-15-12(21)17-19(3)4)7-11(14)9-16-13(22)18-20(5)6/h10-11H,7-9H2,1-6H3,(H2,15,17,21)(H2,16,18,22)/t10-,11-/m0/s1. The molecule has 0 bridgehead atoms. The van der Waals surface area contributed by atoms with Crippen molar-refractivity contribution in [1.29, 1.82) is 0 Å². The van der Waals surface area contributed by atoms with Gasteiger partial charge in [0.1, 0.15) is 0 Å². The van der Waals surface area contributed by atoms with E-state index in [9.17, 15) is 9.59 Å². The molecule has 1 saturated carbocycles. The van der Waals surface area contributed by atoms with Crippen LogP contribution in [0.5, 0.6) is 0 Å². The maximum absolute atomic E-state index is 11.6. The van der Waals surface area contributed by atoms with E-state index in [2.05, 4.69) is 35.3 Å². The van der Waals surface area contributed by atoms with E-state index in [4.69, 9.17) is 0 Å². The molecule has 2 atom stereocenters. The molecule has 0 unspecified atom stereocenters. The van der Waals surface area contributed by atoms with Crippen LogP contribution in [0.2, 0.25) is 0 Å². The number of nitrogens with one attached hydrogen (secondary N) is 4. The Bertz CT molecular complexity index is 363. The fourth-order valence-corrected chi connectivity index (χ4v) is 2.73. The Kier molecular flexibility index (Phi) is 6.43. The topological polar surface area (TPSA) is 88.7 Å². The summed E-state index contributed by atoms with van der Waals surface area (Å²) in [6.07, 6.45) is 0.998. The van der Waals surface area contributed by atoms with Crippen molar-refractivity contribution < 1.29 is 9.59 Å². The molecule has 1 fully saturated rings. The number of carbonyl (C=O) groups excluding carboxylic acids is 2. The molecule has 0 spiro atoms. The molecule has 0 aromatic carbocycles. The van der Waals surface area contributed by atoms with E-state index in [-0.39, 0.29) is 17.5 Å². The molecule has 128 valence electrons. The third-order valence-electron chi connectivity index (χ3n) is 4.34. The van der Waals surface area contributed by atoms with E-state index < -0.39 is 0 Å². The van der Waals surface area contributed by atoms with E-state index >= 15 is 0 Å². The minimum absolute atomic E-state index is 0.0940. The summed E-state index contributed by atoms with van der Waals surface area (Å²) in [7, 11) is 7.08. The van der Waals surface area contributed by atoms with Gasteiger partial charge in [0.05, 0.1) is 0 Å². The van der Waals surface area contributed by atoms with Crippen molar-refractivity contribution in [3.8, 4) is 0 Å². The lowest BCUT2D eigenvalue weighted by molar-refractivity contribution is -0.0151. The van der Waals surface area contributed by atoms with Gasteiger partial charge in [-0.15, -0.1) is 0 Å². The van der Waals surface area contributed by atoms with E-state index in [1.54, 1.807) is 38.2 Å². The summed E-state index contributed by atoms with van der Waals surface area (Å²) < 4.78 is 0. The molecule has 8 heteroatoms. The molecule has 0 heterocycles. The average molecular weight is 314 g/mol. The second-order valence-electron chi connectivity index (χ2n) is 6.88. The first-order valence-electron chi connectivity index (χ1n) is 7.56. The zero-order valence-corrected chi connectivity index (χ0v) is 14.5. The number of rotatable bonds is 6. The van der Waals surface area contributed by atoms with Gasteiger partial charge in [0.2, 0.25) is 0 Å². The van der Waals surface area contributed by atoms with Crippen molar-refractivity contribution in [2.75, 3.05) is 41.3 Å². The largest absolute Gasteiger partial charge is 0.337 e. The van der Waals surface area contributed by atoms with Crippen LogP contribution in [0.25, 0.3) is 0 Å². The molecule has 1 aliphatic rings. The van der Waals surface area contributed by atoms with Gasteiger partial charge >= 0.3 is 12.1 Å². The van der Waals surface area contributed by atoms with Crippen molar-refractivity contribution in [3.63, 3.8) is 0 Å². The minimum Gasteiger partial charge on any atom is -0.337 e. The van der Waals surface area contributed by atoms with Crippen LogP contribution in [0.3, 0.4) is 0 Å². The lowest BCUT2D eigenvalue weighted by Crippen LogP contribution is -2.56. The highest BCUT2D eigenvalue weighted by atomic mass is 16.2. The summed E-state index contributed by atoms with van der Waals surface area (Å²) in [6.45, 7) is 5.66. The number of hydrogen-bond acceptors (Lipinski definition) is 4. The number of amides is 4. The molecule has 8 nitrogen and oxygen atoms in total. The molecule has 4 N–H and O–H groups in total. The minimum atomic E-state index is -0.187. The maximum atomic E-state index is 11.6. The fraction of sp³-hybridized carbons (Fsp3) is 0.857. The second-order valence-corrected chi connectivity index (χ2v) is 6.88. The Morgan fingerprint density at radius 1 is 0.909 bits per heavy atom. The monoisotopic (exact) mass is 314 g/mol. The SMILES string of the molecule is CN(C)NC(=O)NC[C@@H]1C[C@@H](CNC(=O)NN(C)C)C1(C)C. The number of hydrazine groups is 2. The molecule has 0 aliphatic heterocycles. The quantitative estimate of drug-likeness (QED) is 0.527. The lowest BCUT2D eigenvalue weighted by atomic mass is 9.54. The summed E-state index contributed by atoms with van der Waals surface area (Å²) in [4.78, 5) is 23.1. The molecule has 0 aromatic heterocycles. The van der Waals surface area contributed by atoms with Gasteiger partial charge in [-0.25, -0.2) is 19.6 Å². The highest BCUT2D eigenvalue weighted by Crippen LogP contribution is 2.50. The van der Waals surface area contributed by atoms with Gasteiger partial charge < -0.3 is 10.6 Å². The van der Waals surface area contributed by atoms with Crippen LogP contribution < -0.4 is 21.5 Å². The van der Waals surface area contributed by atoms with Crippen LogP contribution in [0.4, 0.5) is 9.59 Å². The number of nitrogens with zero attached hydrogens (tertiary/aromatic N) is 2. The van der Waals surface area contributed by atoms with Gasteiger partial charge in [0.15, 0.2) is 0 Å². The molecular formula is C14H30N6O2. The van der Waals surface area contributed by atoms with Crippen LogP contribution in [-0.4, -0.2) is 63.4 Å². The number of carbonyl (C=O) groups is 2. The first-order valence-corrected chi connectivity index (χ1v) is 7.56. The Hall–Kier alpha value is -1.54. The third kappa shape index (κ3) is 5.34. The van der Waals surface area contributed by atoms with Crippen molar-refractivity contribution in [2.45, 2.75) is 20.3 Å². The first kappa shape index (κ1) is 18.5. The summed E-state index contributed by atoms with van der Waals surface area (Å²) in [5.41, 5.74) is 5.41. The maximum Gasteiger partial charge on any atom is 0.329 e. The van der Waals surface area contributed by atoms with Crippen molar-refractivity contribution in [1.82, 2.24) is 31.5 Å². The summed E-state index contributed by atoms with van der Waals surface area (Å²) in [6, 6.07) is -0.375. The Labute approximate surface area is 132 Å². The van der Waals surface area contributed by atoms with Gasteiger partial charge in [0.25, 0.3) is 0 Å². The highest BCUT2D eigenvalue weighted by molar-refractivity contribution is 5.73. The predicted octanol–water partition coefficient (Wildman–Crippen LogP) is 0.200. The highest BCUT2D eigenvalue weighted by Gasteiger charge is 2.47. The van der Waals surface area contributed by atoms with Crippen molar-refractivity contribution >= 4 is 12.1 Å². The Morgan fingerprint density at radius 3 is 1.55 bits per heavy atom. The van der Waals surface area contributed by atoms with E-state index in [0.29, 0.717) is 24.9 Å². The zero-order valence-electron chi connectivity index (χ0n) is 14.5. The van der Waals surface area contributed by atoms with Crippen LogP contribution in [0.15, 0.2) is 0 Å². The Morgan fingerprint density at radius 2 is 1.27 bits per heavy atom. The second kappa shape index (κ2) is 7.64. The molecule has 1 aliphatic carbocycles. The molecule has 0 radical (unpaired) electrons. The summed E-state index contributed by atoms with van der Waals surface area (Å²) in [5, 5.41) is 8.99. The van der Waals surface area contributed by atoms with E-state index in [1.807, 2.05) is 0 Å². The summed E-state index contributed by atoms with van der Waals surface area (Å²) in [5.74, 6) is 0.841. The van der Waals surface area contributed by atoms with Crippen LogP contribution in [-0.2, 0) is 0 Å². The van der Waals surface area contributed by atoms with Crippen LogP contribution in [0, 0.1) is 17.3 Å². The van der Waals surface area contributed by atoms with Gasteiger partial charge in [-0.3, -0.25) is 10.9 Å². The average Bonchev–Trinajstić information content (AvgIpc) is 2.34. The zero-order chi connectivity index (χ0) is 16.9. The van der Waals surface area contributed by atoms with Gasteiger partial charge in [0, 0.05) is 41.3 Å². The van der Waals surface area contributed by atoms with Crippen LogP contribution >= 0.6 is 0 Å². The molecular weight excluding hydrogens is 284 g/mol. The van der Waals surface area contributed by atoms with Gasteiger partial charge in [-0.05, 0) is 23.7 Å². The predicted molar refractivity (Wildman–Crippen MR) is 85.8 cm³/mol. The van der Waals surface area contributed by atoms with E-state index in [1.165, 1.54) is 0 Å². The van der Waals surface area contributed by atoms with Crippen molar-refractivity contribution in [2.24, 2.45) is 17.3 Å². The first-order chi connectivity index (χ1) is 10.1. The van der Waals surface area contributed by atoms with Crippen LogP contribution in [0.1, 0.15) is 20.3 Å². The van der Waals surface area contributed by atoms with E-state index in [0.717, 1.165) is 6.42 Å². The van der Waals surface area contributed by atoms with Gasteiger partial charge in [-0.2, -0.15) is 0 Å². The van der Waals surface area contributed by atoms with Gasteiger partial charge in [-0.1, -0.05) is 13.8 Å². The normalized spacial score (nSPS) is 22.9. The fourth-order valence-electron chi connectivity index (χ4n) is 2.73. The molecule has 0 saturated heterocycles. The third-order valence-corrected chi connectivity index (χ3v) is 4.34. The molecule has 1 rings (SSSR count). The smallest absolute Gasteiger partial charge is 0.329 e. The van der Waals surface area contributed by atoms with Crippen molar-refractivity contribution in [3.05, 3.63) is 0 Å². The number of urea groups is 2. The summed E-state index contributed by atoms with van der Waals surface area (Å²) >= 11 is 0.